The Kier molecular flexibility index (Phi) is 3.33. The predicted octanol–water partition coefficient (Wildman–Crippen LogP) is 1.24. The van der Waals surface area contributed by atoms with E-state index in [0.717, 1.165) is 18.8 Å². The van der Waals surface area contributed by atoms with Crippen molar-refractivity contribution >= 4 is 23.5 Å². The van der Waals surface area contributed by atoms with E-state index in [1.807, 2.05) is 16.7 Å². The van der Waals surface area contributed by atoms with Crippen molar-refractivity contribution in [2.75, 3.05) is 24.6 Å². The number of hydrogen-bond acceptors (Lipinski definition) is 4. The highest BCUT2D eigenvalue weighted by atomic mass is 32.2. The average Bonchev–Trinajstić information content (AvgIpc) is 2.28. The van der Waals surface area contributed by atoms with Crippen LogP contribution in [0.1, 0.15) is 17.4 Å². The van der Waals surface area contributed by atoms with Crippen LogP contribution in [-0.2, 0) is 0 Å². The largest absolute Gasteiger partial charge is 0.384 e. The zero-order chi connectivity index (χ0) is 11.5. The van der Waals surface area contributed by atoms with E-state index in [1.54, 1.807) is 18.2 Å². The zero-order valence-corrected chi connectivity index (χ0v) is 10.0. The van der Waals surface area contributed by atoms with Crippen LogP contribution >= 0.6 is 11.8 Å². The lowest BCUT2D eigenvalue weighted by Gasteiger charge is -2.30. The van der Waals surface area contributed by atoms with E-state index in [9.17, 15) is 4.79 Å². The smallest absolute Gasteiger partial charge is 0.272 e. The summed E-state index contributed by atoms with van der Waals surface area (Å²) < 4.78 is 0. The lowest BCUT2D eigenvalue weighted by atomic mass is 10.3. The van der Waals surface area contributed by atoms with Gasteiger partial charge in [0.2, 0.25) is 0 Å². The van der Waals surface area contributed by atoms with Gasteiger partial charge >= 0.3 is 0 Å². The summed E-state index contributed by atoms with van der Waals surface area (Å²) in [4.78, 5) is 18.0. The summed E-state index contributed by atoms with van der Waals surface area (Å²) in [7, 11) is 0. The van der Waals surface area contributed by atoms with Crippen molar-refractivity contribution in [3.63, 3.8) is 0 Å². The lowest BCUT2D eigenvalue weighted by molar-refractivity contribution is 0.0757. The Morgan fingerprint density at radius 3 is 3.12 bits per heavy atom. The Morgan fingerprint density at radius 1 is 1.62 bits per heavy atom. The molecule has 0 aromatic carbocycles. The Balaban J connectivity index is 2.12. The molecule has 1 aromatic heterocycles. The molecule has 1 atom stereocenters. The molecule has 1 fully saturated rings. The van der Waals surface area contributed by atoms with Crippen LogP contribution in [-0.4, -0.2) is 39.9 Å². The average molecular weight is 237 g/mol. The monoisotopic (exact) mass is 237 g/mol. The summed E-state index contributed by atoms with van der Waals surface area (Å²) in [6, 6.07) is 5.16. The number of rotatable bonds is 1. The highest BCUT2D eigenvalue weighted by molar-refractivity contribution is 7.99. The number of carbonyl (C=O) groups excluding carboxylic acids is 1. The van der Waals surface area contributed by atoms with E-state index >= 15 is 0 Å². The fraction of sp³-hybridized carbons (Fsp3) is 0.455. The fourth-order valence-corrected chi connectivity index (χ4v) is 2.75. The molecule has 1 aromatic rings. The van der Waals surface area contributed by atoms with Crippen molar-refractivity contribution in [2.24, 2.45) is 0 Å². The Bertz CT molecular complexity index is 397. The van der Waals surface area contributed by atoms with E-state index in [4.69, 9.17) is 5.73 Å². The molecule has 5 heteroatoms. The first-order valence-electron chi connectivity index (χ1n) is 5.30. The fourth-order valence-electron chi connectivity index (χ4n) is 1.74. The minimum absolute atomic E-state index is 0.0144. The molecule has 86 valence electrons. The second-order valence-corrected chi connectivity index (χ2v) is 5.43. The summed E-state index contributed by atoms with van der Waals surface area (Å²) in [6.45, 7) is 3.72. The molecular formula is C11H15N3OS. The van der Waals surface area contributed by atoms with Gasteiger partial charge in [-0.1, -0.05) is 13.0 Å². The number of aromatic nitrogens is 1. The normalized spacial score (nSPS) is 20.8. The second-order valence-electron chi connectivity index (χ2n) is 3.88. The number of hydrogen-bond donors (Lipinski definition) is 1. The van der Waals surface area contributed by atoms with Crippen molar-refractivity contribution in [3.05, 3.63) is 23.9 Å². The van der Waals surface area contributed by atoms with Crippen LogP contribution in [0.15, 0.2) is 18.2 Å². The van der Waals surface area contributed by atoms with Crippen LogP contribution in [0.2, 0.25) is 0 Å². The van der Waals surface area contributed by atoms with Crippen LogP contribution in [0.5, 0.6) is 0 Å². The molecule has 1 aliphatic heterocycles. The minimum Gasteiger partial charge on any atom is -0.384 e. The second kappa shape index (κ2) is 4.74. The van der Waals surface area contributed by atoms with E-state index in [-0.39, 0.29) is 5.91 Å². The molecule has 2 rings (SSSR count). The molecule has 1 aliphatic rings. The van der Waals surface area contributed by atoms with Gasteiger partial charge in [-0.25, -0.2) is 4.98 Å². The Morgan fingerprint density at radius 2 is 2.44 bits per heavy atom. The Hall–Kier alpha value is -1.23. The maximum absolute atomic E-state index is 12.1. The standard InChI is InChI=1S/C11H15N3OS/c1-8-7-14(5-6-16-8)11(15)9-3-2-4-10(12)13-9/h2-4,8H,5-7H2,1H3,(H2,12,13). The maximum atomic E-state index is 12.1. The van der Waals surface area contributed by atoms with Gasteiger partial charge in [-0.3, -0.25) is 4.79 Å². The maximum Gasteiger partial charge on any atom is 0.272 e. The highest BCUT2D eigenvalue weighted by Gasteiger charge is 2.23. The van der Waals surface area contributed by atoms with E-state index in [2.05, 4.69) is 11.9 Å². The van der Waals surface area contributed by atoms with E-state index in [1.165, 1.54) is 0 Å². The molecule has 0 bridgehead atoms. The third-order valence-electron chi connectivity index (χ3n) is 2.52. The number of pyridine rings is 1. The van der Waals surface area contributed by atoms with Crippen molar-refractivity contribution < 1.29 is 4.79 Å². The first-order valence-corrected chi connectivity index (χ1v) is 6.35. The van der Waals surface area contributed by atoms with Crippen molar-refractivity contribution in [1.82, 2.24) is 9.88 Å². The molecular weight excluding hydrogens is 222 g/mol. The van der Waals surface area contributed by atoms with E-state index < -0.39 is 0 Å². The molecule has 1 unspecified atom stereocenters. The number of carbonyl (C=O) groups is 1. The molecule has 4 nitrogen and oxygen atoms in total. The molecule has 2 N–H and O–H groups in total. The van der Waals surface area contributed by atoms with Gasteiger partial charge in [0, 0.05) is 24.1 Å². The predicted molar refractivity (Wildman–Crippen MR) is 66.5 cm³/mol. The van der Waals surface area contributed by atoms with Crippen molar-refractivity contribution in [2.45, 2.75) is 12.2 Å². The number of nitrogen functional groups attached to an aromatic ring is 1. The number of nitrogens with zero attached hydrogens (tertiary/aromatic N) is 2. The SMILES string of the molecule is CC1CN(C(=O)c2cccc(N)n2)CCS1. The molecule has 1 saturated heterocycles. The van der Waals surface area contributed by atoms with Crippen LogP contribution in [0.3, 0.4) is 0 Å². The van der Waals surface area contributed by atoms with Gasteiger partial charge in [-0.05, 0) is 12.1 Å². The lowest BCUT2D eigenvalue weighted by Crippen LogP contribution is -2.41. The molecule has 2 heterocycles. The molecule has 16 heavy (non-hydrogen) atoms. The zero-order valence-electron chi connectivity index (χ0n) is 9.22. The first kappa shape index (κ1) is 11.3. The van der Waals surface area contributed by atoms with Gasteiger partial charge in [0.1, 0.15) is 11.5 Å². The van der Waals surface area contributed by atoms with Crippen molar-refractivity contribution in [1.29, 1.82) is 0 Å². The molecule has 1 amide bonds. The first-order chi connectivity index (χ1) is 7.66. The number of nitrogens with two attached hydrogens (primary N) is 1. The van der Waals surface area contributed by atoms with Crippen LogP contribution in [0.25, 0.3) is 0 Å². The van der Waals surface area contributed by atoms with Gasteiger partial charge in [0.05, 0.1) is 0 Å². The van der Waals surface area contributed by atoms with Gasteiger partial charge in [0.25, 0.3) is 5.91 Å². The minimum atomic E-state index is -0.0144. The molecule has 0 aliphatic carbocycles. The summed E-state index contributed by atoms with van der Waals surface area (Å²) in [5, 5.41) is 0.499. The Labute approximate surface area is 99.2 Å². The summed E-state index contributed by atoms with van der Waals surface area (Å²) in [5.74, 6) is 1.37. The van der Waals surface area contributed by atoms with Crippen molar-refractivity contribution in [3.8, 4) is 0 Å². The van der Waals surface area contributed by atoms with Crippen LogP contribution < -0.4 is 5.73 Å². The van der Waals surface area contributed by atoms with Gasteiger partial charge < -0.3 is 10.6 Å². The topological polar surface area (TPSA) is 59.2 Å². The molecule has 0 spiro atoms. The number of thioether (sulfide) groups is 1. The molecule has 0 radical (unpaired) electrons. The highest BCUT2D eigenvalue weighted by Crippen LogP contribution is 2.19. The van der Waals surface area contributed by atoms with Gasteiger partial charge in [-0.15, -0.1) is 0 Å². The summed E-state index contributed by atoms with van der Waals surface area (Å²) in [6.07, 6.45) is 0. The number of anilines is 1. The van der Waals surface area contributed by atoms with E-state index in [0.29, 0.717) is 16.8 Å². The molecule has 0 saturated carbocycles. The van der Waals surface area contributed by atoms with Crippen LogP contribution in [0.4, 0.5) is 5.82 Å². The third-order valence-corrected chi connectivity index (χ3v) is 3.65. The number of amides is 1. The summed E-state index contributed by atoms with van der Waals surface area (Å²) >= 11 is 1.90. The van der Waals surface area contributed by atoms with Gasteiger partial charge in [-0.2, -0.15) is 11.8 Å². The summed E-state index contributed by atoms with van der Waals surface area (Å²) in [5.41, 5.74) is 6.01. The quantitative estimate of drug-likeness (QED) is 0.798. The van der Waals surface area contributed by atoms with Gasteiger partial charge in [0.15, 0.2) is 0 Å². The van der Waals surface area contributed by atoms with Crippen LogP contribution in [0, 0.1) is 0 Å². The third kappa shape index (κ3) is 2.47.